The molecule has 164 valence electrons. The van der Waals surface area contributed by atoms with Gasteiger partial charge in [-0.2, -0.15) is 4.31 Å². The third-order valence-electron chi connectivity index (χ3n) is 5.66. The smallest absolute Gasteiger partial charge is 0.243 e. The van der Waals surface area contributed by atoms with Crippen molar-refractivity contribution in [3.8, 4) is 17.2 Å². The number of hydrogen-bond acceptors (Lipinski definition) is 6. The molecule has 0 spiro atoms. The van der Waals surface area contributed by atoms with Gasteiger partial charge in [-0.25, -0.2) is 13.4 Å². The SMILES string of the molecule is COc1cccc2c1Oc1ccccc1N=C2N1CCN(S(=O)(=O)c2ccccc2)CC1. The van der Waals surface area contributed by atoms with Crippen molar-refractivity contribution in [2.24, 2.45) is 4.99 Å². The molecule has 1 saturated heterocycles. The van der Waals surface area contributed by atoms with Gasteiger partial charge in [0.2, 0.25) is 10.0 Å². The molecule has 0 aromatic heterocycles. The van der Waals surface area contributed by atoms with Gasteiger partial charge >= 0.3 is 0 Å². The molecule has 0 radical (unpaired) electrons. The molecule has 2 aliphatic heterocycles. The van der Waals surface area contributed by atoms with Gasteiger partial charge in [0, 0.05) is 26.2 Å². The van der Waals surface area contributed by atoms with Gasteiger partial charge in [0.15, 0.2) is 17.2 Å². The fraction of sp³-hybridized carbons (Fsp3) is 0.208. The minimum absolute atomic E-state index is 0.317. The average molecular weight is 450 g/mol. The largest absolute Gasteiger partial charge is 0.493 e. The summed E-state index contributed by atoms with van der Waals surface area (Å²) in [5, 5.41) is 0. The number of amidine groups is 1. The number of benzene rings is 3. The van der Waals surface area contributed by atoms with Gasteiger partial charge in [-0.1, -0.05) is 36.4 Å². The van der Waals surface area contributed by atoms with Crippen molar-refractivity contribution in [1.29, 1.82) is 0 Å². The van der Waals surface area contributed by atoms with Crippen LogP contribution in [0, 0.1) is 0 Å². The molecule has 5 rings (SSSR count). The highest BCUT2D eigenvalue weighted by atomic mass is 32.2. The molecule has 0 atom stereocenters. The molecule has 32 heavy (non-hydrogen) atoms. The molecule has 0 N–H and O–H groups in total. The molecule has 0 amide bonds. The minimum Gasteiger partial charge on any atom is -0.493 e. The quantitative estimate of drug-likeness (QED) is 0.607. The molecule has 1 fully saturated rings. The number of fused-ring (bicyclic) bond motifs is 2. The van der Waals surface area contributed by atoms with Crippen molar-refractivity contribution < 1.29 is 17.9 Å². The Morgan fingerprint density at radius 3 is 2.34 bits per heavy atom. The second-order valence-corrected chi connectivity index (χ2v) is 9.48. The van der Waals surface area contributed by atoms with Crippen molar-refractivity contribution in [2.75, 3.05) is 33.3 Å². The van der Waals surface area contributed by atoms with E-state index in [0.29, 0.717) is 48.3 Å². The third kappa shape index (κ3) is 3.61. The van der Waals surface area contributed by atoms with Crippen LogP contribution in [0.2, 0.25) is 0 Å². The summed E-state index contributed by atoms with van der Waals surface area (Å²) >= 11 is 0. The Morgan fingerprint density at radius 1 is 0.875 bits per heavy atom. The number of piperazine rings is 1. The maximum absolute atomic E-state index is 13.0. The van der Waals surface area contributed by atoms with Gasteiger partial charge in [-0.05, 0) is 36.4 Å². The van der Waals surface area contributed by atoms with Crippen molar-refractivity contribution in [3.05, 3.63) is 78.4 Å². The third-order valence-corrected chi connectivity index (χ3v) is 7.58. The Balaban J connectivity index is 1.47. The molecule has 7 nitrogen and oxygen atoms in total. The van der Waals surface area contributed by atoms with Crippen LogP contribution in [0.3, 0.4) is 0 Å². The summed E-state index contributed by atoms with van der Waals surface area (Å²) < 4.78 is 39.3. The Bertz CT molecular complexity index is 1270. The lowest BCUT2D eigenvalue weighted by Gasteiger charge is -2.36. The van der Waals surface area contributed by atoms with Crippen LogP contribution in [0.4, 0.5) is 5.69 Å². The van der Waals surface area contributed by atoms with Crippen LogP contribution >= 0.6 is 0 Å². The summed E-state index contributed by atoms with van der Waals surface area (Å²) in [4.78, 5) is 7.35. The number of aliphatic imine (C=N–C) groups is 1. The fourth-order valence-electron chi connectivity index (χ4n) is 4.00. The first-order valence-corrected chi connectivity index (χ1v) is 11.8. The zero-order chi connectivity index (χ0) is 22.1. The van der Waals surface area contributed by atoms with Crippen molar-refractivity contribution in [2.45, 2.75) is 4.90 Å². The van der Waals surface area contributed by atoms with E-state index < -0.39 is 10.0 Å². The summed E-state index contributed by atoms with van der Waals surface area (Å²) in [7, 11) is -1.91. The lowest BCUT2D eigenvalue weighted by Crippen LogP contribution is -2.50. The Hall–Kier alpha value is -3.36. The monoisotopic (exact) mass is 449 g/mol. The number of para-hydroxylation sites is 3. The predicted molar refractivity (Wildman–Crippen MR) is 122 cm³/mol. The molecular weight excluding hydrogens is 426 g/mol. The summed E-state index contributed by atoms with van der Waals surface area (Å²) in [5.74, 6) is 2.63. The van der Waals surface area contributed by atoms with Crippen LogP contribution < -0.4 is 9.47 Å². The zero-order valence-electron chi connectivity index (χ0n) is 17.6. The van der Waals surface area contributed by atoms with Crippen LogP contribution in [0.25, 0.3) is 0 Å². The molecule has 2 aliphatic rings. The number of ether oxygens (including phenoxy) is 2. The van der Waals surface area contributed by atoms with Gasteiger partial charge in [0.25, 0.3) is 0 Å². The normalized spacial score (nSPS) is 16.3. The molecule has 0 saturated carbocycles. The Morgan fingerprint density at radius 2 is 1.59 bits per heavy atom. The van der Waals surface area contributed by atoms with Crippen LogP contribution in [0.5, 0.6) is 17.2 Å². The summed E-state index contributed by atoms with van der Waals surface area (Å²) in [6, 6.07) is 21.9. The minimum atomic E-state index is -3.52. The van der Waals surface area contributed by atoms with E-state index in [4.69, 9.17) is 14.5 Å². The van der Waals surface area contributed by atoms with Gasteiger partial charge in [-0.15, -0.1) is 0 Å². The maximum Gasteiger partial charge on any atom is 0.243 e. The summed E-state index contributed by atoms with van der Waals surface area (Å²) in [6.07, 6.45) is 0. The van der Waals surface area contributed by atoms with E-state index in [1.54, 1.807) is 31.4 Å². The Kier molecular flexibility index (Phi) is 5.32. The number of hydrogen-bond donors (Lipinski definition) is 0. The van der Waals surface area contributed by atoms with Crippen LogP contribution in [0.15, 0.2) is 82.7 Å². The first kappa shape index (κ1) is 20.5. The second kappa shape index (κ2) is 8.29. The molecule has 8 heteroatoms. The van der Waals surface area contributed by atoms with Crippen LogP contribution in [0.1, 0.15) is 5.56 Å². The molecule has 3 aromatic rings. The lowest BCUT2D eigenvalue weighted by atomic mass is 10.1. The van der Waals surface area contributed by atoms with E-state index in [2.05, 4.69) is 4.90 Å². The van der Waals surface area contributed by atoms with E-state index >= 15 is 0 Å². The topological polar surface area (TPSA) is 71.4 Å². The van der Waals surface area contributed by atoms with E-state index in [-0.39, 0.29) is 0 Å². The standard InChI is InChI=1S/C24H23N3O4S/c1-30-22-13-7-10-19-23(22)31-21-12-6-5-11-20(21)25-24(19)26-14-16-27(17-15-26)32(28,29)18-8-3-2-4-9-18/h2-13H,14-17H2,1H3. The van der Waals surface area contributed by atoms with Gasteiger partial charge in [0.1, 0.15) is 11.5 Å². The molecule has 0 bridgehead atoms. The number of methoxy groups -OCH3 is 1. The molecule has 2 heterocycles. The van der Waals surface area contributed by atoms with E-state index in [1.165, 1.54) is 4.31 Å². The molecular formula is C24H23N3O4S. The van der Waals surface area contributed by atoms with E-state index in [9.17, 15) is 8.42 Å². The fourth-order valence-corrected chi connectivity index (χ4v) is 5.44. The lowest BCUT2D eigenvalue weighted by molar-refractivity contribution is 0.266. The van der Waals surface area contributed by atoms with Crippen molar-refractivity contribution >= 4 is 21.5 Å². The Labute approximate surface area is 187 Å². The summed E-state index contributed by atoms with van der Waals surface area (Å²) in [5.41, 5.74) is 1.54. The highest BCUT2D eigenvalue weighted by Gasteiger charge is 2.32. The van der Waals surface area contributed by atoms with E-state index in [0.717, 1.165) is 17.1 Å². The van der Waals surface area contributed by atoms with Crippen molar-refractivity contribution in [3.63, 3.8) is 0 Å². The number of nitrogens with zero attached hydrogens (tertiary/aromatic N) is 3. The molecule has 0 aliphatic carbocycles. The van der Waals surface area contributed by atoms with E-state index in [1.807, 2.05) is 48.5 Å². The van der Waals surface area contributed by atoms with Gasteiger partial charge < -0.3 is 14.4 Å². The molecule has 0 unspecified atom stereocenters. The predicted octanol–water partition coefficient (Wildman–Crippen LogP) is 3.89. The van der Waals surface area contributed by atoms with Crippen LogP contribution in [-0.4, -0.2) is 56.7 Å². The first-order chi connectivity index (χ1) is 15.6. The highest BCUT2D eigenvalue weighted by molar-refractivity contribution is 7.89. The van der Waals surface area contributed by atoms with Crippen LogP contribution in [-0.2, 0) is 10.0 Å². The summed E-state index contributed by atoms with van der Waals surface area (Å²) in [6.45, 7) is 1.78. The van der Waals surface area contributed by atoms with Gasteiger partial charge in [-0.3, -0.25) is 0 Å². The van der Waals surface area contributed by atoms with Gasteiger partial charge in [0.05, 0.1) is 17.6 Å². The number of rotatable bonds is 3. The van der Waals surface area contributed by atoms with Crippen molar-refractivity contribution in [1.82, 2.24) is 9.21 Å². The zero-order valence-corrected chi connectivity index (χ0v) is 18.5. The highest BCUT2D eigenvalue weighted by Crippen LogP contribution is 2.42. The maximum atomic E-state index is 13.0. The average Bonchev–Trinajstić information content (AvgIpc) is 3.01. The second-order valence-electron chi connectivity index (χ2n) is 7.55. The molecule has 3 aromatic carbocycles. The number of sulfonamides is 1. The first-order valence-electron chi connectivity index (χ1n) is 10.4.